The minimum atomic E-state index is 0.107. The molecule has 3 heteroatoms. The van der Waals surface area contributed by atoms with Crippen LogP contribution in [-0.2, 0) is 12.0 Å². The molecule has 1 aromatic carbocycles. The Labute approximate surface area is 127 Å². The lowest BCUT2D eigenvalue weighted by atomic mass is 9.87. The fourth-order valence-corrected chi connectivity index (χ4v) is 2.05. The van der Waals surface area contributed by atoms with Crippen molar-refractivity contribution in [2.45, 2.75) is 39.7 Å². The molecule has 0 saturated carbocycles. The van der Waals surface area contributed by atoms with Crippen LogP contribution in [-0.4, -0.2) is 11.5 Å². The zero-order valence-corrected chi connectivity index (χ0v) is 13.3. The normalized spacial score (nSPS) is 11.4. The highest BCUT2D eigenvalue weighted by Gasteiger charge is 2.14. The van der Waals surface area contributed by atoms with Crippen LogP contribution in [0.25, 0.3) is 0 Å². The molecular formula is C18H24N2O. The highest BCUT2D eigenvalue weighted by molar-refractivity contribution is 5.36. The van der Waals surface area contributed by atoms with E-state index >= 15 is 0 Å². The number of hydrogen-bond acceptors (Lipinski definition) is 3. The van der Waals surface area contributed by atoms with Crippen molar-refractivity contribution in [2.75, 3.05) is 6.54 Å². The molecule has 0 amide bonds. The number of rotatable bonds is 5. The lowest BCUT2D eigenvalue weighted by Gasteiger charge is -2.20. The van der Waals surface area contributed by atoms with Crippen molar-refractivity contribution in [1.29, 1.82) is 0 Å². The maximum Gasteiger partial charge on any atom is 0.223 e. The number of nitrogens with one attached hydrogen (secondary N) is 1. The standard InChI is InChI=1S/C18H24N2O/c1-5-19-13-14-8-7-11-20-17(14)21-16-10-6-9-15(12-16)18(2,3)4/h6-12,19H,5,13H2,1-4H3. The van der Waals surface area contributed by atoms with Gasteiger partial charge in [-0.05, 0) is 35.7 Å². The van der Waals surface area contributed by atoms with Gasteiger partial charge in [0, 0.05) is 18.3 Å². The van der Waals surface area contributed by atoms with Crippen molar-refractivity contribution in [1.82, 2.24) is 10.3 Å². The fraction of sp³-hybridized carbons (Fsp3) is 0.389. The summed E-state index contributed by atoms with van der Waals surface area (Å²) in [6.07, 6.45) is 1.76. The van der Waals surface area contributed by atoms with Crippen LogP contribution < -0.4 is 10.1 Å². The van der Waals surface area contributed by atoms with Crippen LogP contribution in [0.3, 0.4) is 0 Å². The Bertz CT molecular complexity index is 588. The van der Waals surface area contributed by atoms with Gasteiger partial charge in [0.25, 0.3) is 0 Å². The van der Waals surface area contributed by atoms with Gasteiger partial charge in [-0.2, -0.15) is 0 Å². The molecule has 112 valence electrons. The summed E-state index contributed by atoms with van der Waals surface area (Å²) in [5, 5.41) is 3.31. The van der Waals surface area contributed by atoms with Crippen LogP contribution in [0.5, 0.6) is 11.6 Å². The van der Waals surface area contributed by atoms with Gasteiger partial charge in [0.1, 0.15) is 5.75 Å². The molecule has 0 bridgehead atoms. The number of pyridine rings is 1. The third-order valence-corrected chi connectivity index (χ3v) is 3.33. The van der Waals surface area contributed by atoms with Crippen LogP contribution >= 0.6 is 0 Å². The first-order chi connectivity index (χ1) is 10.0. The van der Waals surface area contributed by atoms with Gasteiger partial charge in [-0.1, -0.05) is 45.9 Å². The van der Waals surface area contributed by atoms with Gasteiger partial charge in [0.05, 0.1) is 0 Å². The van der Waals surface area contributed by atoms with E-state index in [-0.39, 0.29) is 5.41 Å². The highest BCUT2D eigenvalue weighted by Crippen LogP contribution is 2.28. The predicted octanol–water partition coefficient (Wildman–Crippen LogP) is 4.28. The molecule has 2 aromatic rings. The molecule has 2 rings (SSSR count). The van der Waals surface area contributed by atoms with Gasteiger partial charge in [-0.3, -0.25) is 0 Å². The topological polar surface area (TPSA) is 34.2 Å². The Hall–Kier alpha value is -1.87. The lowest BCUT2D eigenvalue weighted by molar-refractivity contribution is 0.450. The third kappa shape index (κ3) is 4.30. The number of hydrogen-bond donors (Lipinski definition) is 1. The zero-order chi connectivity index (χ0) is 15.3. The van der Waals surface area contributed by atoms with Gasteiger partial charge < -0.3 is 10.1 Å². The van der Waals surface area contributed by atoms with Crippen LogP contribution in [0, 0.1) is 0 Å². The highest BCUT2D eigenvalue weighted by atomic mass is 16.5. The Morgan fingerprint density at radius 1 is 1.14 bits per heavy atom. The summed E-state index contributed by atoms with van der Waals surface area (Å²) in [5.74, 6) is 1.50. The van der Waals surface area contributed by atoms with Crippen molar-refractivity contribution in [2.24, 2.45) is 0 Å². The summed E-state index contributed by atoms with van der Waals surface area (Å²) in [6.45, 7) is 10.4. The molecule has 0 spiro atoms. The molecule has 0 aliphatic rings. The molecule has 0 unspecified atom stereocenters. The molecule has 0 fully saturated rings. The largest absolute Gasteiger partial charge is 0.439 e. The van der Waals surface area contributed by atoms with Gasteiger partial charge in [-0.15, -0.1) is 0 Å². The van der Waals surface area contributed by atoms with Crippen molar-refractivity contribution < 1.29 is 4.74 Å². The number of ether oxygens (including phenoxy) is 1. The first-order valence-corrected chi connectivity index (χ1v) is 7.43. The molecule has 0 aliphatic carbocycles. The summed E-state index contributed by atoms with van der Waals surface area (Å²) in [7, 11) is 0. The van der Waals surface area contributed by atoms with Gasteiger partial charge in [0.15, 0.2) is 0 Å². The van der Waals surface area contributed by atoms with Crippen LogP contribution in [0.2, 0.25) is 0 Å². The second-order valence-electron chi connectivity index (χ2n) is 6.13. The van der Waals surface area contributed by atoms with E-state index in [1.807, 2.05) is 24.3 Å². The summed E-state index contributed by atoms with van der Waals surface area (Å²) < 4.78 is 5.99. The Morgan fingerprint density at radius 2 is 1.95 bits per heavy atom. The van der Waals surface area contributed by atoms with E-state index in [1.165, 1.54) is 5.56 Å². The molecule has 1 N–H and O–H groups in total. The van der Waals surface area contributed by atoms with Gasteiger partial charge in [-0.25, -0.2) is 4.98 Å². The van der Waals surface area contributed by atoms with E-state index in [4.69, 9.17) is 4.74 Å². The summed E-state index contributed by atoms with van der Waals surface area (Å²) >= 11 is 0. The van der Waals surface area contributed by atoms with Gasteiger partial charge >= 0.3 is 0 Å². The Balaban J connectivity index is 2.22. The number of aromatic nitrogens is 1. The third-order valence-electron chi connectivity index (χ3n) is 3.33. The maximum atomic E-state index is 5.99. The fourth-order valence-electron chi connectivity index (χ4n) is 2.05. The van der Waals surface area contributed by atoms with E-state index in [0.717, 1.165) is 24.4 Å². The predicted molar refractivity (Wildman–Crippen MR) is 86.8 cm³/mol. The quantitative estimate of drug-likeness (QED) is 0.889. The lowest BCUT2D eigenvalue weighted by Crippen LogP contribution is -2.13. The van der Waals surface area contributed by atoms with E-state index < -0.39 is 0 Å². The second kappa shape index (κ2) is 6.72. The first kappa shape index (κ1) is 15.5. The van der Waals surface area contributed by atoms with Crippen LogP contribution in [0.1, 0.15) is 38.8 Å². The number of benzene rings is 1. The molecule has 1 heterocycles. The minimum absolute atomic E-state index is 0.107. The summed E-state index contributed by atoms with van der Waals surface area (Å²) in [6, 6.07) is 12.2. The van der Waals surface area contributed by atoms with E-state index in [0.29, 0.717) is 5.88 Å². The summed E-state index contributed by atoms with van der Waals surface area (Å²) in [4.78, 5) is 4.36. The van der Waals surface area contributed by atoms with E-state index in [2.05, 4.69) is 50.1 Å². The van der Waals surface area contributed by atoms with E-state index in [1.54, 1.807) is 6.20 Å². The average molecular weight is 284 g/mol. The molecule has 0 aliphatic heterocycles. The average Bonchev–Trinajstić information content (AvgIpc) is 2.46. The molecular weight excluding hydrogens is 260 g/mol. The van der Waals surface area contributed by atoms with Crippen LogP contribution in [0.4, 0.5) is 0 Å². The van der Waals surface area contributed by atoms with Crippen molar-refractivity contribution >= 4 is 0 Å². The Morgan fingerprint density at radius 3 is 2.67 bits per heavy atom. The molecule has 3 nitrogen and oxygen atoms in total. The molecule has 0 radical (unpaired) electrons. The SMILES string of the molecule is CCNCc1cccnc1Oc1cccc(C(C)(C)C)c1. The van der Waals surface area contributed by atoms with Crippen molar-refractivity contribution in [3.8, 4) is 11.6 Å². The first-order valence-electron chi connectivity index (χ1n) is 7.43. The van der Waals surface area contributed by atoms with E-state index in [9.17, 15) is 0 Å². The molecule has 21 heavy (non-hydrogen) atoms. The molecule has 0 atom stereocenters. The van der Waals surface area contributed by atoms with Crippen LogP contribution in [0.15, 0.2) is 42.6 Å². The number of nitrogens with zero attached hydrogens (tertiary/aromatic N) is 1. The maximum absolute atomic E-state index is 5.99. The summed E-state index contributed by atoms with van der Waals surface area (Å²) in [5.41, 5.74) is 2.43. The Kier molecular flexibility index (Phi) is 4.97. The molecule has 0 saturated heterocycles. The molecule has 1 aromatic heterocycles. The van der Waals surface area contributed by atoms with Crippen molar-refractivity contribution in [3.05, 3.63) is 53.7 Å². The smallest absolute Gasteiger partial charge is 0.223 e. The minimum Gasteiger partial charge on any atom is -0.439 e. The van der Waals surface area contributed by atoms with Gasteiger partial charge in [0.2, 0.25) is 5.88 Å². The second-order valence-corrected chi connectivity index (χ2v) is 6.13. The monoisotopic (exact) mass is 284 g/mol. The van der Waals surface area contributed by atoms with Crippen molar-refractivity contribution in [3.63, 3.8) is 0 Å². The zero-order valence-electron chi connectivity index (χ0n) is 13.3.